The maximum atomic E-state index is 12.8. The summed E-state index contributed by atoms with van der Waals surface area (Å²) in [4.78, 5) is 39.9. The van der Waals surface area contributed by atoms with Crippen molar-refractivity contribution in [2.75, 3.05) is 37.7 Å². The molecule has 2 aliphatic heterocycles. The highest BCUT2D eigenvalue weighted by atomic mass is 32.2. The van der Waals surface area contributed by atoms with Gasteiger partial charge in [-0.25, -0.2) is 4.79 Å². The molecule has 2 fully saturated rings. The number of thioether (sulfide) groups is 1. The second kappa shape index (κ2) is 8.38. The summed E-state index contributed by atoms with van der Waals surface area (Å²) in [6.07, 6.45) is 2.58. The van der Waals surface area contributed by atoms with Crippen LogP contribution in [0.15, 0.2) is 12.7 Å². The average molecular weight is 340 g/mol. The number of rotatable bonds is 4. The van der Waals surface area contributed by atoms with Crippen molar-refractivity contribution in [3.05, 3.63) is 12.7 Å². The van der Waals surface area contributed by atoms with Crippen LogP contribution >= 0.6 is 11.8 Å². The Labute approximate surface area is 141 Å². The van der Waals surface area contributed by atoms with E-state index in [1.54, 1.807) is 28.5 Å². The molecule has 6 nitrogen and oxygen atoms in total. The second-order valence-corrected chi connectivity index (χ2v) is 6.83. The lowest BCUT2D eigenvalue weighted by atomic mass is 9.94. The quantitative estimate of drug-likeness (QED) is 0.562. The van der Waals surface area contributed by atoms with E-state index in [1.807, 2.05) is 0 Å². The minimum atomic E-state index is -0.478. The lowest BCUT2D eigenvalue weighted by Gasteiger charge is -2.38. The molecule has 0 spiro atoms. The highest BCUT2D eigenvalue weighted by Crippen LogP contribution is 2.25. The Morgan fingerprint density at radius 2 is 1.96 bits per heavy atom. The van der Waals surface area contributed by atoms with E-state index >= 15 is 0 Å². The Hall–Kier alpha value is -1.50. The fraction of sp³-hybridized carbons (Fsp3) is 0.688. The summed E-state index contributed by atoms with van der Waals surface area (Å²) < 4.78 is 5.10. The molecule has 0 radical (unpaired) electrons. The van der Waals surface area contributed by atoms with Crippen LogP contribution in [0.1, 0.15) is 19.8 Å². The van der Waals surface area contributed by atoms with Gasteiger partial charge in [0.05, 0.1) is 6.61 Å². The van der Waals surface area contributed by atoms with Crippen molar-refractivity contribution >= 4 is 29.5 Å². The molecule has 0 aliphatic carbocycles. The molecule has 2 saturated heterocycles. The predicted octanol–water partition coefficient (Wildman–Crippen LogP) is 0.918. The van der Waals surface area contributed by atoms with E-state index < -0.39 is 6.04 Å². The van der Waals surface area contributed by atoms with Crippen LogP contribution in [0.5, 0.6) is 0 Å². The van der Waals surface area contributed by atoms with Crippen LogP contribution in [0, 0.1) is 5.92 Å². The smallest absolute Gasteiger partial charge is 0.329 e. The summed E-state index contributed by atoms with van der Waals surface area (Å²) in [5.41, 5.74) is 0. The Balaban J connectivity index is 1.97. The van der Waals surface area contributed by atoms with Crippen LogP contribution in [0.3, 0.4) is 0 Å². The molecule has 1 unspecified atom stereocenters. The largest absolute Gasteiger partial charge is 0.464 e. The first-order chi connectivity index (χ1) is 11.1. The molecule has 2 rings (SSSR count). The highest BCUT2D eigenvalue weighted by molar-refractivity contribution is 7.99. The fourth-order valence-electron chi connectivity index (χ4n) is 3.01. The van der Waals surface area contributed by atoms with E-state index in [1.165, 1.54) is 6.08 Å². The number of amides is 2. The number of esters is 1. The summed E-state index contributed by atoms with van der Waals surface area (Å²) in [7, 11) is 0. The van der Waals surface area contributed by atoms with E-state index in [9.17, 15) is 14.4 Å². The standard InChI is InChI=1S/C16H24N2O4S/c1-3-14(19)17-7-5-12(6-8-17)15(20)18-9-10-23-11-13(18)16(21)22-4-2/h3,12-13H,1,4-11H2,2H3. The Bertz CT molecular complexity index is 475. The van der Waals surface area contributed by atoms with Crippen molar-refractivity contribution < 1.29 is 19.1 Å². The SMILES string of the molecule is C=CC(=O)N1CCC(C(=O)N2CCSCC2C(=O)OCC)CC1. The van der Waals surface area contributed by atoms with Gasteiger partial charge in [0, 0.05) is 37.1 Å². The number of piperidine rings is 1. The monoisotopic (exact) mass is 340 g/mol. The highest BCUT2D eigenvalue weighted by Gasteiger charge is 2.37. The summed E-state index contributed by atoms with van der Waals surface area (Å²) in [5.74, 6) is 0.938. The topological polar surface area (TPSA) is 66.9 Å². The number of ether oxygens (including phenoxy) is 1. The molecule has 7 heteroatoms. The van der Waals surface area contributed by atoms with E-state index in [0.29, 0.717) is 44.8 Å². The lowest BCUT2D eigenvalue weighted by molar-refractivity contribution is -0.156. The van der Waals surface area contributed by atoms with Gasteiger partial charge in [-0.3, -0.25) is 9.59 Å². The molecule has 0 bridgehead atoms. The van der Waals surface area contributed by atoms with E-state index in [-0.39, 0.29) is 23.7 Å². The van der Waals surface area contributed by atoms with Crippen LogP contribution in [-0.2, 0) is 19.1 Å². The van der Waals surface area contributed by atoms with Crippen molar-refractivity contribution in [2.45, 2.75) is 25.8 Å². The molecule has 1 atom stereocenters. The number of hydrogen-bond donors (Lipinski definition) is 0. The first-order valence-corrected chi connectivity index (χ1v) is 9.20. The summed E-state index contributed by atoms with van der Waals surface area (Å²) in [6, 6.07) is -0.478. The van der Waals surface area contributed by atoms with Gasteiger partial charge < -0.3 is 14.5 Å². The average Bonchev–Trinajstić information content (AvgIpc) is 2.60. The van der Waals surface area contributed by atoms with Crippen molar-refractivity contribution in [3.8, 4) is 0 Å². The molecule has 0 N–H and O–H groups in total. The number of carbonyl (C=O) groups excluding carboxylic acids is 3. The normalized spacial score (nSPS) is 22.6. The van der Waals surface area contributed by atoms with E-state index in [4.69, 9.17) is 4.74 Å². The molecule has 2 amide bonds. The number of likely N-dealkylation sites (tertiary alicyclic amines) is 1. The van der Waals surface area contributed by atoms with Crippen LogP contribution in [0.25, 0.3) is 0 Å². The van der Waals surface area contributed by atoms with Crippen LogP contribution in [-0.4, -0.2) is 71.4 Å². The first kappa shape index (κ1) is 17.8. The molecule has 0 aromatic rings. The number of nitrogens with zero attached hydrogens (tertiary/aromatic N) is 2. The van der Waals surface area contributed by atoms with Gasteiger partial charge in [-0.15, -0.1) is 0 Å². The molecular formula is C16H24N2O4S. The van der Waals surface area contributed by atoms with Gasteiger partial charge in [0.2, 0.25) is 11.8 Å². The van der Waals surface area contributed by atoms with Crippen molar-refractivity contribution in [2.24, 2.45) is 5.92 Å². The molecule has 0 aromatic heterocycles. The fourth-order valence-corrected chi connectivity index (χ4v) is 4.04. The first-order valence-electron chi connectivity index (χ1n) is 8.04. The third-order valence-electron chi connectivity index (χ3n) is 4.30. The van der Waals surface area contributed by atoms with Crippen LogP contribution in [0.4, 0.5) is 0 Å². The van der Waals surface area contributed by atoms with Gasteiger partial charge in [-0.05, 0) is 25.8 Å². The second-order valence-electron chi connectivity index (χ2n) is 5.68. The summed E-state index contributed by atoms with van der Waals surface area (Å²) >= 11 is 1.67. The third-order valence-corrected chi connectivity index (χ3v) is 5.32. The number of hydrogen-bond acceptors (Lipinski definition) is 5. The van der Waals surface area contributed by atoms with Gasteiger partial charge in [0.15, 0.2) is 0 Å². The van der Waals surface area contributed by atoms with E-state index in [2.05, 4.69) is 6.58 Å². The zero-order chi connectivity index (χ0) is 16.8. The van der Waals surface area contributed by atoms with Crippen molar-refractivity contribution in [1.29, 1.82) is 0 Å². The predicted molar refractivity (Wildman–Crippen MR) is 89.0 cm³/mol. The van der Waals surface area contributed by atoms with Crippen molar-refractivity contribution in [3.63, 3.8) is 0 Å². The molecular weight excluding hydrogens is 316 g/mol. The van der Waals surface area contributed by atoms with Gasteiger partial charge in [-0.1, -0.05) is 6.58 Å². The number of carbonyl (C=O) groups is 3. The van der Waals surface area contributed by atoms with Gasteiger partial charge in [-0.2, -0.15) is 11.8 Å². The maximum Gasteiger partial charge on any atom is 0.329 e. The minimum Gasteiger partial charge on any atom is -0.464 e. The van der Waals surface area contributed by atoms with Crippen LogP contribution < -0.4 is 0 Å². The van der Waals surface area contributed by atoms with Gasteiger partial charge in [0.25, 0.3) is 0 Å². The molecule has 0 aromatic carbocycles. The molecule has 0 saturated carbocycles. The molecule has 128 valence electrons. The zero-order valence-electron chi connectivity index (χ0n) is 13.5. The van der Waals surface area contributed by atoms with Crippen LogP contribution in [0.2, 0.25) is 0 Å². The Morgan fingerprint density at radius 3 is 2.57 bits per heavy atom. The molecule has 2 heterocycles. The zero-order valence-corrected chi connectivity index (χ0v) is 14.3. The van der Waals surface area contributed by atoms with Gasteiger partial charge in [0.1, 0.15) is 6.04 Å². The van der Waals surface area contributed by atoms with E-state index in [0.717, 1.165) is 5.75 Å². The summed E-state index contributed by atoms with van der Waals surface area (Å²) in [6.45, 7) is 7.29. The molecule has 2 aliphatic rings. The van der Waals surface area contributed by atoms with Crippen molar-refractivity contribution in [1.82, 2.24) is 9.80 Å². The Morgan fingerprint density at radius 1 is 1.26 bits per heavy atom. The lowest BCUT2D eigenvalue weighted by Crippen LogP contribution is -2.54. The maximum absolute atomic E-state index is 12.8. The summed E-state index contributed by atoms with van der Waals surface area (Å²) in [5, 5.41) is 0. The Kier molecular flexibility index (Phi) is 6.50. The van der Waals surface area contributed by atoms with Gasteiger partial charge >= 0.3 is 5.97 Å². The molecule has 23 heavy (non-hydrogen) atoms. The minimum absolute atomic E-state index is 0.0223. The third kappa shape index (κ3) is 4.28.